The van der Waals surface area contributed by atoms with Crippen LogP contribution < -0.4 is 4.90 Å². The number of imidazole rings is 1. The van der Waals surface area contributed by atoms with Gasteiger partial charge in [0.25, 0.3) is 5.91 Å². The third-order valence-electron chi connectivity index (χ3n) is 4.49. The fourth-order valence-electron chi connectivity index (χ4n) is 2.99. The minimum Gasteiger partial charge on any atom is -0.337 e. The highest BCUT2D eigenvalue weighted by molar-refractivity contribution is 7.22. The highest BCUT2D eigenvalue weighted by atomic mass is 35.5. The fourth-order valence-corrected chi connectivity index (χ4v) is 4.27. The Kier molecular flexibility index (Phi) is 6.90. The molecule has 0 fully saturated rings. The summed E-state index contributed by atoms with van der Waals surface area (Å²) >= 11 is 7.78. The number of fused-ring (bicyclic) bond motifs is 1. The summed E-state index contributed by atoms with van der Waals surface area (Å²) in [5.74, 6) is -0.0548. The van der Waals surface area contributed by atoms with Crippen LogP contribution in [0.5, 0.6) is 0 Å². The SMILES string of the molecule is Cc1ccc(C(=O)N(CCCn2ccnc2)c2nc3c(Cl)cccc3s2)cc1.Cl. The topological polar surface area (TPSA) is 51.0 Å². The maximum Gasteiger partial charge on any atom is 0.260 e. The normalized spacial score (nSPS) is 10.7. The van der Waals surface area contributed by atoms with Gasteiger partial charge in [-0.2, -0.15) is 0 Å². The number of carbonyl (C=O) groups is 1. The molecule has 8 heteroatoms. The van der Waals surface area contributed by atoms with Gasteiger partial charge in [0.1, 0.15) is 5.52 Å². The Morgan fingerprint density at radius 3 is 2.69 bits per heavy atom. The summed E-state index contributed by atoms with van der Waals surface area (Å²) in [4.78, 5) is 23.7. The second-order valence-electron chi connectivity index (χ2n) is 6.56. The van der Waals surface area contributed by atoms with Crippen LogP contribution in [0, 0.1) is 6.92 Å². The molecule has 1 amide bonds. The smallest absolute Gasteiger partial charge is 0.260 e. The molecule has 0 aliphatic carbocycles. The number of benzene rings is 2. The van der Waals surface area contributed by atoms with Gasteiger partial charge in [0.05, 0.1) is 16.0 Å². The molecule has 0 aliphatic heterocycles. The predicted octanol–water partition coefficient (Wildman–Crippen LogP) is 5.61. The van der Waals surface area contributed by atoms with Crippen molar-refractivity contribution in [2.45, 2.75) is 19.9 Å². The Bertz CT molecular complexity index is 1090. The van der Waals surface area contributed by atoms with Crippen LogP contribution >= 0.6 is 35.3 Å². The first kappa shape index (κ1) is 21.3. The molecule has 0 N–H and O–H groups in total. The van der Waals surface area contributed by atoms with Crippen LogP contribution in [0.1, 0.15) is 22.3 Å². The first-order chi connectivity index (χ1) is 13.6. The Morgan fingerprint density at radius 1 is 1.21 bits per heavy atom. The molecule has 0 saturated heterocycles. The summed E-state index contributed by atoms with van der Waals surface area (Å²) in [6.45, 7) is 3.35. The second kappa shape index (κ2) is 9.39. The zero-order valence-electron chi connectivity index (χ0n) is 15.8. The lowest BCUT2D eigenvalue weighted by atomic mass is 10.1. The number of amides is 1. The Morgan fingerprint density at radius 2 is 2.00 bits per heavy atom. The molecule has 0 radical (unpaired) electrons. The highest BCUT2D eigenvalue weighted by Gasteiger charge is 2.21. The third-order valence-corrected chi connectivity index (χ3v) is 5.84. The van der Waals surface area contributed by atoms with Crippen LogP contribution in [0.3, 0.4) is 0 Å². The second-order valence-corrected chi connectivity index (χ2v) is 7.98. The van der Waals surface area contributed by atoms with E-state index in [1.54, 1.807) is 17.4 Å². The molecule has 0 bridgehead atoms. The zero-order chi connectivity index (χ0) is 19.5. The van der Waals surface area contributed by atoms with E-state index in [4.69, 9.17) is 11.6 Å². The van der Waals surface area contributed by atoms with Crippen molar-refractivity contribution in [1.82, 2.24) is 14.5 Å². The Balaban J connectivity index is 0.00000240. The molecule has 150 valence electrons. The summed E-state index contributed by atoms with van der Waals surface area (Å²) in [6.07, 6.45) is 6.25. The zero-order valence-corrected chi connectivity index (χ0v) is 18.2. The number of anilines is 1. The van der Waals surface area contributed by atoms with Gasteiger partial charge in [-0.3, -0.25) is 9.69 Å². The molecule has 0 aliphatic rings. The van der Waals surface area contributed by atoms with Gasteiger partial charge in [-0.15, -0.1) is 12.4 Å². The Labute approximate surface area is 184 Å². The van der Waals surface area contributed by atoms with Gasteiger partial charge in [0.15, 0.2) is 5.13 Å². The number of aryl methyl sites for hydroxylation is 2. The van der Waals surface area contributed by atoms with E-state index < -0.39 is 0 Å². The molecule has 0 unspecified atom stereocenters. The van der Waals surface area contributed by atoms with Crippen LogP contribution in [0.2, 0.25) is 5.02 Å². The van der Waals surface area contributed by atoms with Crippen molar-refractivity contribution in [3.8, 4) is 0 Å². The van der Waals surface area contributed by atoms with Crippen LogP contribution in [0.15, 0.2) is 61.2 Å². The van der Waals surface area contributed by atoms with Crippen molar-refractivity contribution in [2.75, 3.05) is 11.4 Å². The van der Waals surface area contributed by atoms with Gasteiger partial charge in [0, 0.05) is 31.0 Å². The molecule has 4 rings (SSSR count). The van der Waals surface area contributed by atoms with E-state index in [0.29, 0.717) is 22.3 Å². The van der Waals surface area contributed by atoms with E-state index in [-0.39, 0.29) is 18.3 Å². The monoisotopic (exact) mass is 446 g/mol. The number of nitrogens with zero attached hydrogens (tertiary/aromatic N) is 4. The van der Waals surface area contributed by atoms with E-state index >= 15 is 0 Å². The number of halogens is 2. The van der Waals surface area contributed by atoms with Gasteiger partial charge >= 0.3 is 0 Å². The van der Waals surface area contributed by atoms with E-state index in [9.17, 15) is 4.79 Å². The van der Waals surface area contributed by atoms with E-state index in [1.165, 1.54) is 11.3 Å². The van der Waals surface area contributed by atoms with E-state index in [0.717, 1.165) is 28.7 Å². The number of thiazole rings is 1. The quantitative estimate of drug-likeness (QED) is 0.386. The van der Waals surface area contributed by atoms with Crippen LogP contribution in [-0.4, -0.2) is 27.0 Å². The van der Waals surface area contributed by atoms with E-state index in [2.05, 4.69) is 9.97 Å². The summed E-state index contributed by atoms with van der Waals surface area (Å²) in [7, 11) is 0. The molecular weight excluding hydrogens is 427 g/mol. The predicted molar refractivity (Wildman–Crippen MR) is 122 cm³/mol. The highest BCUT2D eigenvalue weighted by Crippen LogP contribution is 2.33. The minimum atomic E-state index is -0.0548. The molecule has 29 heavy (non-hydrogen) atoms. The lowest BCUT2D eigenvalue weighted by Crippen LogP contribution is -2.32. The average Bonchev–Trinajstić information content (AvgIpc) is 3.36. The first-order valence-corrected chi connectivity index (χ1v) is 10.2. The lowest BCUT2D eigenvalue weighted by molar-refractivity contribution is 0.0986. The van der Waals surface area contributed by atoms with Gasteiger partial charge in [0.2, 0.25) is 0 Å². The van der Waals surface area contributed by atoms with Crippen LogP contribution in [-0.2, 0) is 6.54 Å². The molecule has 0 spiro atoms. The Hall–Kier alpha value is -2.41. The molecular formula is C21H20Cl2N4OS. The molecule has 2 aromatic carbocycles. The van der Waals surface area contributed by atoms with Crippen molar-refractivity contribution >= 4 is 56.6 Å². The lowest BCUT2D eigenvalue weighted by Gasteiger charge is -2.20. The average molecular weight is 447 g/mol. The molecule has 0 saturated carbocycles. The van der Waals surface area contributed by atoms with Crippen molar-refractivity contribution in [3.05, 3.63) is 77.3 Å². The summed E-state index contributed by atoms with van der Waals surface area (Å²) in [5, 5.41) is 1.26. The number of rotatable bonds is 6. The maximum absolute atomic E-state index is 13.3. The van der Waals surface area contributed by atoms with Crippen molar-refractivity contribution in [1.29, 1.82) is 0 Å². The van der Waals surface area contributed by atoms with E-state index in [1.807, 2.05) is 60.2 Å². The van der Waals surface area contributed by atoms with Gasteiger partial charge in [-0.1, -0.05) is 46.7 Å². The number of hydrogen-bond acceptors (Lipinski definition) is 4. The molecule has 4 aromatic rings. The summed E-state index contributed by atoms with van der Waals surface area (Å²) in [5.41, 5.74) is 2.51. The maximum atomic E-state index is 13.3. The summed E-state index contributed by atoms with van der Waals surface area (Å²) in [6, 6.07) is 13.3. The fraction of sp³-hybridized carbons (Fsp3) is 0.190. The van der Waals surface area contributed by atoms with Crippen molar-refractivity contribution in [2.24, 2.45) is 0 Å². The number of aromatic nitrogens is 3. The van der Waals surface area contributed by atoms with Gasteiger partial charge in [-0.25, -0.2) is 9.97 Å². The summed E-state index contributed by atoms with van der Waals surface area (Å²) < 4.78 is 2.97. The van der Waals surface area contributed by atoms with Gasteiger partial charge < -0.3 is 4.57 Å². The first-order valence-electron chi connectivity index (χ1n) is 9.01. The minimum absolute atomic E-state index is 0. The van der Waals surface area contributed by atoms with Crippen molar-refractivity contribution < 1.29 is 4.79 Å². The van der Waals surface area contributed by atoms with Crippen molar-refractivity contribution in [3.63, 3.8) is 0 Å². The molecule has 2 aromatic heterocycles. The third kappa shape index (κ3) is 4.78. The standard InChI is InChI=1S/C21H19ClN4OS.ClH/c1-15-6-8-16(9-7-15)20(27)26(12-3-11-25-13-10-23-14-25)21-24-19-17(22)4-2-5-18(19)28-21;/h2,4-10,13-14H,3,11-12H2,1H3;1H. The largest absolute Gasteiger partial charge is 0.337 e. The molecule has 0 atom stereocenters. The molecule has 2 heterocycles. The van der Waals surface area contributed by atoms with Crippen LogP contribution in [0.25, 0.3) is 10.2 Å². The molecule has 5 nitrogen and oxygen atoms in total. The number of hydrogen-bond donors (Lipinski definition) is 0. The van der Waals surface area contributed by atoms with Crippen LogP contribution in [0.4, 0.5) is 5.13 Å². The number of carbonyl (C=O) groups excluding carboxylic acids is 1. The number of para-hydroxylation sites is 1. The van der Waals surface area contributed by atoms with Gasteiger partial charge in [-0.05, 0) is 37.6 Å².